The summed E-state index contributed by atoms with van der Waals surface area (Å²) in [6.07, 6.45) is 3.91. The molecule has 1 aromatic rings. The molecule has 1 aliphatic heterocycles. The monoisotopic (exact) mass is 286 g/mol. The lowest BCUT2D eigenvalue weighted by Crippen LogP contribution is -2.39. The number of hydrogen-bond acceptors (Lipinski definition) is 3. The van der Waals surface area contributed by atoms with E-state index >= 15 is 0 Å². The van der Waals surface area contributed by atoms with Crippen molar-refractivity contribution in [2.45, 2.75) is 52.0 Å². The lowest BCUT2D eigenvalue weighted by molar-refractivity contribution is 0.0863. The molecular weight excluding hydrogens is 264 g/mol. The van der Waals surface area contributed by atoms with E-state index in [9.17, 15) is 0 Å². The first-order valence-electron chi connectivity index (χ1n) is 6.82. The number of thiazole rings is 1. The summed E-state index contributed by atoms with van der Waals surface area (Å²) in [5.41, 5.74) is 1.57. The molecule has 0 N–H and O–H groups in total. The van der Waals surface area contributed by atoms with Crippen molar-refractivity contribution >= 4 is 22.9 Å². The molecular formula is C14H23ClN2S. The molecule has 1 fully saturated rings. The Bertz CT molecular complexity index is 383. The maximum Gasteiger partial charge on any atom is 0.110 e. The topological polar surface area (TPSA) is 16.1 Å². The van der Waals surface area contributed by atoms with Crippen molar-refractivity contribution in [2.75, 3.05) is 13.1 Å². The second-order valence-corrected chi connectivity index (χ2v) is 6.84. The first kappa shape index (κ1) is 14.3. The molecule has 1 saturated heterocycles. The van der Waals surface area contributed by atoms with E-state index in [4.69, 9.17) is 11.6 Å². The van der Waals surface area contributed by atoms with Crippen molar-refractivity contribution in [3.05, 3.63) is 16.1 Å². The summed E-state index contributed by atoms with van der Waals surface area (Å²) in [4.78, 5) is 7.17. The van der Waals surface area contributed by atoms with Crippen molar-refractivity contribution in [3.8, 4) is 0 Å². The second-order valence-electron chi connectivity index (χ2n) is 5.69. The zero-order valence-corrected chi connectivity index (χ0v) is 13.2. The third kappa shape index (κ3) is 3.06. The molecule has 2 rings (SSSR count). The average molecular weight is 287 g/mol. The Morgan fingerprint density at radius 3 is 2.67 bits per heavy atom. The maximum atomic E-state index is 5.82. The summed E-state index contributed by atoms with van der Waals surface area (Å²) in [6, 6.07) is 0.438. The number of nitrogens with zero attached hydrogens (tertiary/aromatic N) is 2. The minimum Gasteiger partial charge on any atom is -0.294 e. The molecule has 0 spiro atoms. The number of hydrogen-bond donors (Lipinski definition) is 0. The standard InChI is InChI=1S/C14H23ClN2S/c1-4-14(3)5-7-17(8-6-14)11(2)13-16-12(9-15)10-18-13/h10-11H,4-9H2,1-3H3. The minimum atomic E-state index is 0.438. The molecule has 1 unspecified atom stereocenters. The van der Waals surface area contributed by atoms with Crippen LogP contribution >= 0.6 is 22.9 Å². The van der Waals surface area contributed by atoms with Crippen LogP contribution in [0.25, 0.3) is 0 Å². The third-order valence-corrected chi connectivity index (χ3v) is 5.81. The Morgan fingerprint density at radius 1 is 1.50 bits per heavy atom. The Balaban J connectivity index is 1.97. The first-order chi connectivity index (χ1) is 8.58. The summed E-state index contributed by atoms with van der Waals surface area (Å²) in [5.74, 6) is 0.525. The van der Waals surface area contributed by atoms with Crippen molar-refractivity contribution in [2.24, 2.45) is 5.41 Å². The van der Waals surface area contributed by atoms with Gasteiger partial charge in [0.2, 0.25) is 0 Å². The molecule has 0 aromatic carbocycles. The van der Waals surface area contributed by atoms with Gasteiger partial charge in [-0.1, -0.05) is 20.3 Å². The number of likely N-dealkylation sites (tertiary alicyclic amines) is 1. The molecule has 102 valence electrons. The van der Waals surface area contributed by atoms with E-state index in [0.717, 1.165) is 5.69 Å². The van der Waals surface area contributed by atoms with Gasteiger partial charge in [-0.25, -0.2) is 4.98 Å². The molecule has 18 heavy (non-hydrogen) atoms. The predicted octanol–water partition coefficient (Wildman–Crippen LogP) is 4.46. The van der Waals surface area contributed by atoms with E-state index in [-0.39, 0.29) is 0 Å². The normalized spacial score (nSPS) is 22.0. The second kappa shape index (κ2) is 5.89. The fourth-order valence-corrected chi connectivity index (χ4v) is 3.67. The molecule has 1 aromatic heterocycles. The Hall–Kier alpha value is -0.120. The number of halogens is 1. The Labute approximate surface area is 119 Å². The van der Waals surface area contributed by atoms with Crippen LogP contribution in [0.4, 0.5) is 0 Å². The van der Waals surface area contributed by atoms with E-state index in [0.29, 0.717) is 17.3 Å². The van der Waals surface area contributed by atoms with Crippen molar-refractivity contribution in [1.29, 1.82) is 0 Å². The fourth-order valence-electron chi connectivity index (χ4n) is 2.54. The number of rotatable bonds is 4. The van der Waals surface area contributed by atoms with Gasteiger partial charge in [0.25, 0.3) is 0 Å². The summed E-state index contributed by atoms with van der Waals surface area (Å²) < 4.78 is 0. The lowest BCUT2D eigenvalue weighted by atomic mass is 9.78. The number of aromatic nitrogens is 1. The van der Waals surface area contributed by atoms with E-state index in [1.54, 1.807) is 11.3 Å². The van der Waals surface area contributed by atoms with Gasteiger partial charge in [0.15, 0.2) is 0 Å². The largest absolute Gasteiger partial charge is 0.294 e. The first-order valence-corrected chi connectivity index (χ1v) is 8.24. The van der Waals surface area contributed by atoms with Crippen LogP contribution in [0.1, 0.15) is 56.8 Å². The SMILES string of the molecule is CCC1(C)CCN(C(C)c2nc(CCl)cs2)CC1. The predicted molar refractivity (Wildman–Crippen MR) is 79.3 cm³/mol. The van der Waals surface area contributed by atoms with Crippen LogP contribution in [0, 0.1) is 5.41 Å². The molecule has 0 amide bonds. The Morgan fingerprint density at radius 2 is 2.17 bits per heavy atom. The average Bonchev–Trinajstić information content (AvgIpc) is 2.87. The molecule has 1 aliphatic rings. The van der Waals surface area contributed by atoms with Crippen LogP contribution in [0.15, 0.2) is 5.38 Å². The highest BCUT2D eigenvalue weighted by molar-refractivity contribution is 7.09. The van der Waals surface area contributed by atoms with Gasteiger partial charge in [0.05, 0.1) is 17.6 Å². The van der Waals surface area contributed by atoms with Gasteiger partial charge >= 0.3 is 0 Å². The lowest BCUT2D eigenvalue weighted by Gasteiger charge is -2.41. The van der Waals surface area contributed by atoms with Gasteiger partial charge in [-0.05, 0) is 38.3 Å². The van der Waals surface area contributed by atoms with E-state index in [2.05, 4.69) is 36.0 Å². The Kier molecular flexibility index (Phi) is 4.68. The quantitative estimate of drug-likeness (QED) is 0.760. The smallest absolute Gasteiger partial charge is 0.110 e. The zero-order valence-electron chi connectivity index (χ0n) is 11.6. The molecule has 0 bridgehead atoms. The summed E-state index contributed by atoms with van der Waals surface area (Å²) in [5, 5.41) is 3.30. The van der Waals surface area contributed by atoms with E-state index < -0.39 is 0 Å². The fraction of sp³-hybridized carbons (Fsp3) is 0.786. The van der Waals surface area contributed by atoms with Crippen molar-refractivity contribution < 1.29 is 0 Å². The summed E-state index contributed by atoms with van der Waals surface area (Å²) in [7, 11) is 0. The molecule has 4 heteroatoms. The highest BCUT2D eigenvalue weighted by Gasteiger charge is 2.31. The van der Waals surface area contributed by atoms with Crippen molar-refractivity contribution in [1.82, 2.24) is 9.88 Å². The van der Waals surface area contributed by atoms with Gasteiger partial charge in [0, 0.05) is 5.38 Å². The van der Waals surface area contributed by atoms with Crippen LogP contribution in [0.3, 0.4) is 0 Å². The van der Waals surface area contributed by atoms with Gasteiger partial charge < -0.3 is 0 Å². The molecule has 0 radical (unpaired) electrons. The third-order valence-electron chi connectivity index (χ3n) is 4.47. The van der Waals surface area contributed by atoms with E-state index in [1.807, 2.05) is 0 Å². The highest BCUT2D eigenvalue weighted by atomic mass is 35.5. The van der Waals surface area contributed by atoms with Crippen LogP contribution in [0.5, 0.6) is 0 Å². The molecule has 2 nitrogen and oxygen atoms in total. The minimum absolute atomic E-state index is 0.438. The van der Waals surface area contributed by atoms with Crippen LogP contribution in [-0.2, 0) is 5.88 Å². The van der Waals surface area contributed by atoms with Crippen molar-refractivity contribution in [3.63, 3.8) is 0 Å². The number of piperidine rings is 1. The molecule has 0 aliphatic carbocycles. The van der Waals surface area contributed by atoms with Gasteiger partial charge in [-0.3, -0.25) is 4.90 Å². The zero-order chi connectivity index (χ0) is 13.2. The molecule has 1 atom stereocenters. The van der Waals surface area contributed by atoms with Crippen LogP contribution in [-0.4, -0.2) is 23.0 Å². The van der Waals surface area contributed by atoms with Crippen LogP contribution in [0.2, 0.25) is 0 Å². The van der Waals surface area contributed by atoms with Gasteiger partial charge in [0.1, 0.15) is 5.01 Å². The van der Waals surface area contributed by atoms with E-state index in [1.165, 1.54) is 37.4 Å². The maximum absolute atomic E-state index is 5.82. The molecule has 0 saturated carbocycles. The number of alkyl halides is 1. The highest BCUT2D eigenvalue weighted by Crippen LogP contribution is 2.37. The summed E-state index contributed by atoms with van der Waals surface area (Å²) in [6.45, 7) is 9.39. The van der Waals surface area contributed by atoms with Crippen LogP contribution < -0.4 is 0 Å². The summed E-state index contributed by atoms with van der Waals surface area (Å²) >= 11 is 7.56. The van der Waals surface area contributed by atoms with Gasteiger partial charge in [-0.2, -0.15) is 0 Å². The molecule has 2 heterocycles. The van der Waals surface area contributed by atoms with Gasteiger partial charge in [-0.15, -0.1) is 22.9 Å².